The molecule has 3 aromatic rings. The lowest BCUT2D eigenvalue weighted by Crippen LogP contribution is -2.36. The summed E-state index contributed by atoms with van der Waals surface area (Å²) in [5, 5.41) is 27.2. The molecule has 4 rings (SSSR count). The molecule has 9 nitrogen and oxygen atoms in total. The van der Waals surface area contributed by atoms with Gasteiger partial charge < -0.3 is 20.1 Å². The van der Waals surface area contributed by atoms with Crippen LogP contribution in [0.1, 0.15) is 48.9 Å². The molecule has 0 spiro atoms. The molecule has 1 amide bonds. The van der Waals surface area contributed by atoms with E-state index in [9.17, 15) is 9.90 Å². The predicted octanol–water partition coefficient (Wildman–Crippen LogP) is 5.54. The first-order valence-electron chi connectivity index (χ1n) is 10.7. The van der Waals surface area contributed by atoms with Crippen molar-refractivity contribution in [2.45, 2.75) is 44.6 Å². The van der Waals surface area contributed by atoms with E-state index in [0.29, 0.717) is 11.4 Å². The number of benzene rings is 2. The van der Waals surface area contributed by atoms with Crippen LogP contribution in [0.2, 0.25) is 10.0 Å². The van der Waals surface area contributed by atoms with Gasteiger partial charge in [-0.05, 0) is 48.4 Å². The molecule has 1 fully saturated rings. The number of aromatic hydroxyl groups is 1. The van der Waals surface area contributed by atoms with E-state index in [1.165, 1.54) is 25.0 Å². The van der Waals surface area contributed by atoms with Crippen molar-refractivity contribution in [3.63, 3.8) is 0 Å². The van der Waals surface area contributed by atoms with E-state index in [-0.39, 0.29) is 45.0 Å². The molecule has 1 aliphatic carbocycles. The highest BCUT2D eigenvalue weighted by Crippen LogP contribution is 2.40. The van der Waals surface area contributed by atoms with Crippen LogP contribution in [0.3, 0.4) is 0 Å². The monoisotopic (exact) mass is 490 g/mol. The summed E-state index contributed by atoms with van der Waals surface area (Å²) in [4.78, 5) is 14.9. The van der Waals surface area contributed by atoms with Crippen molar-refractivity contribution in [3.8, 4) is 17.2 Å². The van der Waals surface area contributed by atoms with Crippen LogP contribution >= 0.6 is 23.2 Å². The molecule has 0 unspecified atom stereocenters. The minimum absolute atomic E-state index is 0.107. The lowest BCUT2D eigenvalue weighted by Gasteiger charge is -2.27. The number of rotatable bonds is 6. The number of carbonyl (C=O) groups excluding carboxylic acids is 1. The second kappa shape index (κ2) is 10.3. The molecule has 1 heterocycles. The molecule has 2 aromatic carbocycles. The normalized spacial score (nSPS) is 14.5. The zero-order valence-electron chi connectivity index (χ0n) is 18.0. The second-order valence-corrected chi connectivity index (χ2v) is 8.79. The summed E-state index contributed by atoms with van der Waals surface area (Å²) >= 11 is 12.8. The maximum Gasteiger partial charge on any atom is 0.267 e. The molecular formula is C22H24Cl2N6O3. The molecule has 3 N–H and O–H groups in total. The van der Waals surface area contributed by atoms with Crippen LogP contribution in [0.5, 0.6) is 17.2 Å². The van der Waals surface area contributed by atoms with Gasteiger partial charge in [0, 0.05) is 18.8 Å². The van der Waals surface area contributed by atoms with E-state index >= 15 is 0 Å². The van der Waals surface area contributed by atoms with E-state index in [4.69, 9.17) is 27.9 Å². The smallest absolute Gasteiger partial charge is 0.267 e. The van der Waals surface area contributed by atoms with Gasteiger partial charge in [0.1, 0.15) is 11.5 Å². The van der Waals surface area contributed by atoms with Gasteiger partial charge in [-0.15, -0.1) is 5.10 Å². The number of phenolic OH excluding ortho intramolecular Hbond substituents is 1. The van der Waals surface area contributed by atoms with Gasteiger partial charge in [0.05, 0.1) is 15.6 Å². The van der Waals surface area contributed by atoms with Crippen molar-refractivity contribution in [3.05, 3.63) is 45.9 Å². The Morgan fingerprint density at radius 3 is 2.48 bits per heavy atom. The minimum Gasteiger partial charge on any atom is -0.507 e. The van der Waals surface area contributed by atoms with Gasteiger partial charge in [0.25, 0.3) is 11.9 Å². The number of aromatic amines is 1. The number of hydrogen-bond donors (Lipinski definition) is 3. The standard InChI is InChI=1S/C22H24Cl2N6O3/c1-30(14-6-4-2-3-5-7-14)21(32)16-12-15(8-9-19(16)31)33-20-17(23)10-13(11-18(20)24)25-22-26-28-29-27-22/h8-12,14,31H,2-7H2,1H3,(H2,25,26,27,28,29). The van der Waals surface area contributed by atoms with Crippen LogP contribution in [-0.2, 0) is 0 Å². The molecular weight excluding hydrogens is 467 g/mol. The zero-order valence-corrected chi connectivity index (χ0v) is 19.5. The summed E-state index contributed by atoms with van der Waals surface area (Å²) in [6.45, 7) is 0. The van der Waals surface area contributed by atoms with Crippen LogP contribution in [0.4, 0.5) is 11.6 Å². The molecule has 174 valence electrons. The fourth-order valence-corrected chi connectivity index (χ4v) is 4.51. The number of anilines is 2. The van der Waals surface area contributed by atoms with Gasteiger partial charge >= 0.3 is 0 Å². The molecule has 0 aliphatic heterocycles. The number of nitrogens with zero attached hydrogens (tertiary/aromatic N) is 4. The number of amides is 1. The van der Waals surface area contributed by atoms with Gasteiger partial charge in [-0.2, -0.15) is 5.21 Å². The Morgan fingerprint density at radius 2 is 1.85 bits per heavy atom. The number of carbonyl (C=O) groups is 1. The number of tetrazole rings is 1. The topological polar surface area (TPSA) is 116 Å². The second-order valence-electron chi connectivity index (χ2n) is 7.97. The summed E-state index contributed by atoms with van der Waals surface area (Å²) < 4.78 is 5.90. The highest BCUT2D eigenvalue weighted by molar-refractivity contribution is 6.37. The van der Waals surface area contributed by atoms with Gasteiger partial charge in [0.2, 0.25) is 0 Å². The highest BCUT2D eigenvalue weighted by atomic mass is 35.5. The molecule has 0 radical (unpaired) electrons. The Kier molecular flexibility index (Phi) is 7.20. The molecule has 11 heteroatoms. The number of nitrogens with one attached hydrogen (secondary N) is 2. The summed E-state index contributed by atoms with van der Waals surface area (Å²) in [5.74, 6) is 0.452. The third-order valence-corrected chi connectivity index (χ3v) is 6.27. The van der Waals surface area contributed by atoms with E-state index < -0.39 is 0 Å². The lowest BCUT2D eigenvalue weighted by atomic mass is 10.1. The zero-order chi connectivity index (χ0) is 23.4. The highest BCUT2D eigenvalue weighted by Gasteiger charge is 2.25. The van der Waals surface area contributed by atoms with Crippen LogP contribution in [0.25, 0.3) is 0 Å². The van der Waals surface area contributed by atoms with E-state index in [1.807, 2.05) is 0 Å². The Morgan fingerprint density at radius 1 is 1.15 bits per heavy atom. The predicted molar refractivity (Wildman–Crippen MR) is 126 cm³/mol. The van der Waals surface area contributed by atoms with Crippen molar-refractivity contribution in [2.75, 3.05) is 12.4 Å². The summed E-state index contributed by atoms with van der Waals surface area (Å²) in [5.41, 5.74) is 0.715. The average Bonchev–Trinajstić information content (AvgIpc) is 3.15. The fraction of sp³-hybridized carbons (Fsp3) is 0.364. The molecule has 1 saturated carbocycles. The maximum atomic E-state index is 13.1. The van der Waals surface area contributed by atoms with Gasteiger partial charge in [-0.1, -0.05) is 54.0 Å². The number of halogens is 2. The Hall–Kier alpha value is -3.04. The fourth-order valence-electron chi connectivity index (χ4n) is 3.94. The largest absolute Gasteiger partial charge is 0.507 e. The first-order valence-corrected chi connectivity index (χ1v) is 11.5. The van der Waals surface area contributed by atoms with Crippen molar-refractivity contribution in [1.29, 1.82) is 0 Å². The number of H-pyrrole nitrogens is 1. The third kappa shape index (κ3) is 5.48. The summed E-state index contributed by atoms with van der Waals surface area (Å²) in [7, 11) is 1.79. The first kappa shape index (κ1) is 23.1. The number of phenols is 1. The van der Waals surface area contributed by atoms with Crippen LogP contribution in [-0.4, -0.2) is 49.6 Å². The van der Waals surface area contributed by atoms with Gasteiger partial charge in [-0.25, -0.2) is 0 Å². The minimum atomic E-state index is -0.248. The average molecular weight is 491 g/mol. The Balaban J connectivity index is 1.53. The van der Waals surface area contributed by atoms with Crippen molar-refractivity contribution >= 4 is 40.7 Å². The molecule has 1 aliphatic rings. The van der Waals surface area contributed by atoms with Gasteiger partial charge in [-0.3, -0.25) is 4.79 Å². The SMILES string of the molecule is CN(C(=O)c1cc(Oc2c(Cl)cc(Nc3nn[nH]n3)cc2Cl)ccc1O)C1CCCCCC1. The summed E-state index contributed by atoms with van der Waals surface area (Å²) in [6.07, 6.45) is 6.53. The van der Waals surface area contributed by atoms with E-state index in [1.54, 1.807) is 30.1 Å². The van der Waals surface area contributed by atoms with E-state index in [2.05, 4.69) is 25.9 Å². The molecule has 0 atom stereocenters. The molecule has 33 heavy (non-hydrogen) atoms. The van der Waals surface area contributed by atoms with E-state index in [0.717, 1.165) is 25.7 Å². The van der Waals surface area contributed by atoms with Crippen molar-refractivity contribution < 1.29 is 14.6 Å². The molecule has 1 aromatic heterocycles. The number of ether oxygens (including phenoxy) is 1. The van der Waals surface area contributed by atoms with Crippen LogP contribution in [0, 0.1) is 0 Å². The number of hydrogen-bond acceptors (Lipinski definition) is 7. The Bertz CT molecular complexity index is 1090. The molecule has 0 saturated heterocycles. The van der Waals surface area contributed by atoms with Crippen LogP contribution < -0.4 is 10.1 Å². The van der Waals surface area contributed by atoms with Crippen molar-refractivity contribution in [2.24, 2.45) is 0 Å². The lowest BCUT2D eigenvalue weighted by molar-refractivity contribution is 0.0714. The van der Waals surface area contributed by atoms with Gasteiger partial charge in [0.15, 0.2) is 5.75 Å². The third-order valence-electron chi connectivity index (χ3n) is 5.71. The van der Waals surface area contributed by atoms with Crippen LogP contribution in [0.15, 0.2) is 30.3 Å². The maximum absolute atomic E-state index is 13.1. The summed E-state index contributed by atoms with van der Waals surface area (Å²) in [6, 6.07) is 7.85. The molecule has 0 bridgehead atoms. The Labute approximate surface area is 201 Å². The first-order chi connectivity index (χ1) is 15.9. The van der Waals surface area contributed by atoms with Crippen molar-refractivity contribution in [1.82, 2.24) is 25.5 Å². The quantitative estimate of drug-likeness (QED) is 0.388. The number of aromatic nitrogens is 4.